The molecule has 30 heavy (non-hydrogen) atoms. The Bertz CT molecular complexity index is 912. The maximum absolute atomic E-state index is 13.8. The van der Waals surface area contributed by atoms with E-state index in [1.807, 2.05) is 28.9 Å². The summed E-state index contributed by atoms with van der Waals surface area (Å²) in [7, 11) is 0. The third kappa shape index (κ3) is 3.41. The van der Waals surface area contributed by atoms with Gasteiger partial charge in [-0.3, -0.25) is 19.5 Å². The van der Waals surface area contributed by atoms with E-state index in [1.54, 1.807) is 18.3 Å². The number of carbonyl (C=O) groups is 2. The van der Waals surface area contributed by atoms with Crippen LogP contribution in [0.5, 0.6) is 0 Å². The number of aryl methyl sites for hydroxylation is 1. The van der Waals surface area contributed by atoms with Crippen LogP contribution < -0.4 is 4.90 Å². The highest BCUT2D eigenvalue weighted by Crippen LogP contribution is 2.39. The summed E-state index contributed by atoms with van der Waals surface area (Å²) in [6, 6.07) is 7.37. The maximum Gasteiger partial charge on any atom is 0.289 e. The predicted molar refractivity (Wildman–Crippen MR) is 112 cm³/mol. The standard InChI is InChI=1S/C23H28N4O3/c1-17-4-7-19(15-24-17)27-13-12-26(16-18-5-6-18)23(22(27)29)8-10-25(11-9-23)21(28)20-3-2-14-30-20/h2-4,7,14-15,18H,5-6,8-13,16H2,1H3. The second-order valence-corrected chi connectivity index (χ2v) is 8.81. The molecule has 1 saturated carbocycles. The van der Waals surface area contributed by atoms with Gasteiger partial charge < -0.3 is 14.2 Å². The average Bonchev–Trinajstić information content (AvgIpc) is 3.41. The molecule has 0 bridgehead atoms. The topological polar surface area (TPSA) is 69.9 Å². The minimum atomic E-state index is -0.536. The van der Waals surface area contributed by atoms with E-state index >= 15 is 0 Å². The Balaban J connectivity index is 1.38. The normalized spacial score (nSPS) is 22.0. The monoisotopic (exact) mass is 408 g/mol. The molecule has 0 N–H and O–H groups in total. The maximum atomic E-state index is 13.8. The van der Waals surface area contributed by atoms with Crippen LogP contribution in [-0.2, 0) is 4.79 Å². The first-order valence-electron chi connectivity index (χ1n) is 10.9. The Kier molecular flexibility index (Phi) is 4.85. The van der Waals surface area contributed by atoms with E-state index in [0.717, 1.165) is 24.5 Å². The van der Waals surface area contributed by atoms with Gasteiger partial charge in [0.15, 0.2) is 5.76 Å². The van der Waals surface area contributed by atoms with E-state index in [-0.39, 0.29) is 11.8 Å². The molecule has 4 heterocycles. The van der Waals surface area contributed by atoms with Crippen molar-refractivity contribution in [3.63, 3.8) is 0 Å². The first kappa shape index (κ1) is 19.3. The summed E-state index contributed by atoms with van der Waals surface area (Å²) < 4.78 is 5.29. The highest BCUT2D eigenvalue weighted by molar-refractivity contribution is 6.01. The number of furan rings is 1. The average molecular weight is 409 g/mol. The third-order valence-corrected chi connectivity index (χ3v) is 6.83. The lowest BCUT2D eigenvalue weighted by Crippen LogP contribution is -2.69. The van der Waals surface area contributed by atoms with Gasteiger partial charge in [-0.2, -0.15) is 0 Å². The first-order valence-corrected chi connectivity index (χ1v) is 10.9. The lowest BCUT2D eigenvalue weighted by molar-refractivity contribution is -0.137. The Morgan fingerprint density at radius 3 is 2.60 bits per heavy atom. The van der Waals surface area contributed by atoms with Crippen LogP contribution in [0.15, 0.2) is 41.1 Å². The minimum absolute atomic E-state index is 0.0913. The van der Waals surface area contributed by atoms with Crippen LogP contribution >= 0.6 is 0 Å². The number of anilines is 1. The van der Waals surface area contributed by atoms with E-state index < -0.39 is 5.54 Å². The number of piperazine rings is 1. The van der Waals surface area contributed by atoms with Gasteiger partial charge in [0, 0.05) is 38.4 Å². The molecular formula is C23H28N4O3. The van der Waals surface area contributed by atoms with Crippen molar-refractivity contribution in [2.45, 2.75) is 38.1 Å². The summed E-state index contributed by atoms with van der Waals surface area (Å²) in [5.41, 5.74) is 1.27. The molecule has 3 fully saturated rings. The fourth-order valence-corrected chi connectivity index (χ4v) is 4.83. The van der Waals surface area contributed by atoms with Gasteiger partial charge >= 0.3 is 0 Å². The third-order valence-electron chi connectivity index (χ3n) is 6.83. The van der Waals surface area contributed by atoms with E-state index in [4.69, 9.17) is 4.42 Å². The van der Waals surface area contributed by atoms with Crippen molar-refractivity contribution in [1.82, 2.24) is 14.8 Å². The molecule has 2 amide bonds. The smallest absolute Gasteiger partial charge is 0.289 e. The number of amides is 2. The number of carbonyl (C=O) groups excluding carboxylic acids is 2. The Hall–Kier alpha value is -2.67. The van der Waals surface area contributed by atoms with Gasteiger partial charge in [0.2, 0.25) is 5.91 Å². The lowest BCUT2D eigenvalue weighted by Gasteiger charge is -2.52. The summed E-state index contributed by atoms with van der Waals surface area (Å²) >= 11 is 0. The van der Waals surface area contributed by atoms with Gasteiger partial charge in [-0.15, -0.1) is 0 Å². The molecule has 0 radical (unpaired) electrons. The zero-order valence-corrected chi connectivity index (χ0v) is 17.4. The number of piperidine rings is 1. The number of likely N-dealkylation sites (tertiary alicyclic amines) is 1. The van der Waals surface area contributed by atoms with Crippen LogP contribution in [-0.4, -0.2) is 64.9 Å². The van der Waals surface area contributed by atoms with Gasteiger partial charge in [0.05, 0.1) is 18.1 Å². The number of hydrogen-bond donors (Lipinski definition) is 0. The predicted octanol–water partition coefficient (Wildman–Crippen LogP) is 2.72. The van der Waals surface area contributed by atoms with E-state index in [2.05, 4.69) is 9.88 Å². The molecule has 5 rings (SSSR count). The van der Waals surface area contributed by atoms with Crippen LogP contribution in [0.25, 0.3) is 0 Å². The molecule has 0 aromatic carbocycles. The van der Waals surface area contributed by atoms with Crippen LogP contribution in [0, 0.1) is 12.8 Å². The van der Waals surface area contributed by atoms with Crippen molar-refractivity contribution in [3.05, 3.63) is 48.2 Å². The number of aromatic nitrogens is 1. The molecule has 0 unspecified atom stereocenters. The SMILES string of the molecule is Cc1ccc(N2CCN(CC3CC3)C3(CCN(C(=O)c4ccco4)CC3)C2=O)cn1. The number of pyridine rings is 1. The van der Waals surface area contributed by atoms with Crippen molar-refractivity contribution >= 4 is 17.5 Å². The molecule has 0 atom stereocenters. The zero-order valence-electron chi connectivity index (χ0n) is 17.4. The molecule has 2 aromatic rings. The van der Waals surface area contributed by atoms with Crippen molar-refractivity contribution < 1.29 is 14.0 Å². The Morgan fingerprint density at radius 2 is 1.97 bits per heavy atom. The van der Waals surface area contributed by atoms with E-state index in [1.165, 1.54) is 19.1 Å². The van der Waals surface area contributed by atoms with E-state index in [0.29, 0.717) is 44.2 Å². The minimum Gasteiger partial charge on any atom is -0.459 e. The van der Waals surface area contributed by atoms with Crippen molar-refractivity contribution in [2.24, 2.45) is 5.92 Å². The largest absolute Gasteiger partial charge is 0.459 e. The molecule has 1 aliphatic carbocycles. The first-order chi connectivity index (χ1) is 14.6. The summed E-state index contributed by atoms with van der Waals surface area (Å²) in [5, 5.41) is 0. The quantitative estimate of drug-likeness (QED) is 0.778. The summed E-state index contributed by atoms with van der Waals surface area (Å²) in [4.78, 5) is 37.1. The lowest BCUT2D eigenvalue weighted by atomic mass is 9.81. The molecule has 2 aromatic heterocycles. The van der Waals surface area contributed by atoms with Gasteiger partial charge in [-0.25, -0.2) is 0 Å². The summed E-state index contributed by atoms with van der Waals surface area (Å²) in [5.74, 6) is 1.14. The fraction of sp³-hybridized carbons (Fsp3) is 0.522. The molecule has 3 aliphatic rings. The zero-order chi connectivity index (χ0) is 20.7. The Labute approximate surface area is 176 Å². The van der Waals surface area contributed by atoms with Crippen molar-refractivity contribution in [3.8, 4) is 0 Å². The molecule has 7 nitrogen and oxygen atoms in total. The molecule has 7 heteroatoms. The highest BCUT2D eigenvalue weighted by atomic mass is 16.3. The van der Waals surface area contributed by atoms with Crippen LogP contribution in [0.2, 0.25) is 0 Å². The second-order valence-electron chi connectivity index (χ2n) is 8.81. The fourth-order valence-electron chi connectivity index (χ4n) is 4.83. The van der Waals surface area contributed by atoms with Crippen LogP contribution in [0.4, 0.5) is 5.69 Å². The van der Waals surface area contributed by atoms with Crippen LogP contribution in [0.3, 0.4) is 0 Å². The van der Waals surface area contributed by atoms with Gasteiger partial charge in [-0.1, -0.05) is 0 Å². The van der Waals surface area contributed by atoms with Crippen LogP contribution in [0.1, 0.15) is 41.9 Å². The molecule has 1 spiro atoms. The van der Waals surface area contributed by atoms with Crippen molar-refractivity contribution in [2.75, 3.05) is 37.6 Å². The summed E-state index contributed by atoms with van der Waals surface area (Å²) in [6.45, 7) is 5.61. The van der Waals surface area contributed by atoms with Gasteiger partial charge in [0.25, 0.3) is 5.91 Å². The highest BCUT2D eigenvalue weighted by Gasteiger charge is 2.52. The number of hydrogen-bond acceptors (Lipinski definition) is 5. The Morgan fingerprint density at radius 1 is 1.17 bits per heavy atom. The number of nitrogens with zero attached hydrogens (tertiary/aromatic N) is 4. The molecule has 158 valence electrons. The van der Waals surface area contributed by atoms with Gasteiger partial charge in [0.1, 0.15) is 5.54 Å². The number of rotatable bonds is 4. The molecular weight excluding hydrogens is 380 g/mol. The second kappa shape index (κ2) is 7.54. The summed E-state index contributed by atoms with van der Waals surface area (Å²) in [6.07, 6.45) is 7.15. The van der Waals surface area contributed by atoms with Gasteiger partial charge in [-0.05, 0) is 62.8 Å². The van der Waals surface area contributed by atoms with Crippen molar-refractivity contribution in [1.29, 1.82) is 0 Å². The van der Waals surface area contributed by atoms with E-state index in [9.17, 15) is 9.59 Å². The molecule has 2 saturated heterocycles. The molecule has 2 aliphatic heterocycles.